The number of hydrogen-bond donors (Lipinski definition) is 1. The van der Waals surface area contributed by atoms with Crippen molar-refractivity contribution in [2.45, 2.75) is 66.3 Å². The van der Waals surface area contributed by atoms with Gasteiger partial charge in [0.2, 0.25) is 0 Å². The van der Waals surface area contributed by atoms with Crippen LogP contribution in [0.4, 0.5) is 0 Å². The van der Waals surface area contributed by atoms with E-state index in [9.17, 15) is 5.26 Å². The Morgan fingerprint density at radius 2 is 1.63 bits per heavy atom. The van der Waals surface area contributed by atoms with Crippen LogP contribution in [0.5, 0.6) is 17.2 Å². The second kappa shape index (κ2) is 17.4. The lowest BCUT2D eigenvalue weighted by Crippen LogP contribution is -2.22. The van der Waals surface area contributed by atoms with Crippen LogP contribution < -0.4 is 19.5 Å². The number of aryl methyl sites for hydroxylation is 1. The Balaban J connectivity index is 1.16. The van der Waals surface area contributed by atoms with Gasteiger partial charge in [0, 0.05) is 55.3 Å². The summed E-state index contributed by atoms with van der Waals surface area (Å²) in [5.74, 6) is 2.80. The van der Waals surface area contributed by atoms with E-state index in [-0.39, 0.29) is 6.61 Å². The fraction of sp³-hybridized carbons (Fsp3) is 0.341. The molecule has 3 aromatic carbocycles. The van der Waals surface area contributed by atoms with Crippen LogP contribution in [0.2, 0.25) is 5.02 Å². The van der Waals surface area contributed by atoms with Gasteiger partial charge in [-0.2, -0.15) is 5.26 Å². The van der Waals surface area contributed by atoms with Crippen molar-refractivity contribution in [2.24, 2.45) is 0 Å². The Kier molecular flexibility index (Phi) is 12.2. The molecule has 0 radical (unpaired) electrons. The van der Waals surface area contributed by atoms with Crippen LogP contribution in [0.3, 0.4) is 0 Å². The van der Waals surface area contributed by atoms with E-state index >= 15 is 0 Å². The maximum atomic E-state index is 9.31. The molecule has 3 heterocycles. The molecule has 6 rings (SSSR count). The van der Waals surface area contributed by atoms with Crippen molar-refractivity contribution in [3.63, 3.8) is 0 Å². The molecule has 9 nitrogen and oxygen atoms in total. The Bertz CT molecular complexity index is 1980. The van der Waals surface area contributed by atoms with Gasteiger partial charge in [-0.15, -0.1) is 0 Å². The van der Waals surface area contributed by atoms with Crippen LogP contribution in [0.1, 0.15) is 64.1 Å². The van der Waals surface area contributed by atoms with Gasteiger partial charge in [-0.3, -0.25) is 4.98 Å². The average molecular weight is 706 g/mol. The number of hydrogen-bond acceptors (Lipinski definition) is 9. The number of benzene rings is 3. The molecule has 0 aliphatic carbocycles. The zero-order valence-electron chi connectivity index (χ0n) is 29.5. The summed E-state index contributed by atoms with van der Waals surface area (Å²) in [6.45, 7) is 11.9. The maximum Gasteiger partial charge on any atom is 0.142 e. The van der Waals surface area contributed by atoms with Crippen LogP contribution in [0, 0.1) is 32.1 Å². The number of nitriles is 1. The van der Waals surface area contributed by atoms with Gasteiger partial charge < -0.3 is 29.0 Å². The summed E-state index contributed by atoms with van der Waals surface area (Å²) >= 11 is 6.82. The molecular weight excluding hydrogens is 662 g/mol. The summed E-state index contributed by atoms with van der Waals surface area (Å²) in [5.41, 5.74) is 8.51. The molecule has 1 aliphatic rings. The molecule has 0 amide bonds. The van der Waals surface area contributed by atoms with E-state index in [1.54, 1.807) is 12.3 Å². The van der Waals surface area contributed by atoms with E-state index < -0.39 is 0 Å². The van der Waals surface area contributed by atoms with Crippen molar-refractivity contribution in [1.82, 2.24) is 20.4 Å². The lowest BCUT2D eigenvalue weighted by molar-refractivity contribution is 0.262. The molecular formula is C41H44ClN5O4. The summed E-state index contributed by atoms with van der Waals surface area (Å²) in [6, 6.07) is 22.0. The molecule has 10 heteroatoms. The molecule has 1 N–H and O–H groups in total. The summed E-state index contributed by atoms with van der Waals surface area (Å²) in [4.78, 5) is 6.68. The minimum Gasteiger partial charge on any atom is -0.493 e. The number of likely N-dealkylation sites (tertiary alicyclic amines) is 1. The quantitative estimate of drug-likeness (QED) is 0.101. The third-order valence-electron chi connectivity index (χ3n) is 9.21. The van der Waals surface area contributed by atoms with E-state index in [4.69, 9.17) is 30.3 Å². The Hall–Kier alpha value is -4.88. The van der Waals surface area contributed by atoms with E-state index in [1.807, 2.05) is 25.1 Å². The van der Waals surface area contributed by atoms with Gasteiger partial charge in [-0.25, -0.2) is 0 Å². The highest BCUT2D eigenvalue weighted by Gasteiger charge is 2.16. The number of aromatic nitrogens is 2. The average Bonchev–Trinajstić information content (AvgIpc) is 3.82. The highest BCUT2D eigenvalue weighted by Crippen LogP contribution is 2.36. The zero-order valence-corrected chi connectivity index (χ0v) is 30.3. The number of halogens is 1. The van der Waals surface area contributed by atoms with Crippen molar-refractivity contribution in [3.8, 4) is 34.4 Å². The maximum absolute atomic E-state index is 9.31. The monoisotopic (exact) mass is 705 g/mol. The second-order valence-electron chi connectivity index (χ2n) is 13.0. The molecule has 1 fully saturated rings. The summed E-state index contributed by atoms with van der Waals surface area (Å²) in [5, 5.41) is 17.2. The molecule has 51 heavy (non-hydrogen) atoms. The third-order valence-corrected chi connectivity index (χ3v) is 9.51. The van der Waals surface area contributed by atoms with Crippen LogP contribution in [-0.2, 0) is 26.3 Å². The highest BCUT2D eigenvalue weighted by atomic mass is 35.5. The lowest BCUT2D eigenvalue weighted by Gasteiger charge is -2.18. The van der Waals surface area contributed by atoms with Gasteiger partial charge in [0.1, 0.15) is 42.3 Å². The smallest absolute Gasteiger partial charge is 0.142 e. The van der Waals surface area contributed by atoms with Crippen molar-refractivity contribution < 1.29 is 18.7 Å². The van der Waals surface area contributed by atoms with Crippen molar-refractivity contribution in [2.75, 3.05) is 26.2 Å². The highest BCUT2D eigenvalue weighted by molar-refractivity contribution is 6.32. The minimum atomic E-state index is 0.223. The Morgan fingerprint density at radius 3 is 2.41 bits per heavy atom. The fourth-order valence-corrected chi connectivity index (χ4v) is 6.64. The molecule has 2 aromatic heterocycles. The Morgan fingerprint density at radius 1 is 0.843 bits per heavy atom. The molecule has 0 saturated carbocycles. The lowest BCUT2D eigenvalue weighted by atomic mass is 9.93. The SMILES string of the molecule is Cc1cc(CNCc2cc(Cl)c(OCc3cccc(-c4cccc(OCCCN5CCCC5)c4C)c3C)cc2OCc2cncc(C#N)c2)no1. The number of ether oxygens (including phenoxy) is 3. The standard InChI is InChI=1S/C41H44ClN5O4/c1-28-17-35(46-51-28)25-45-24-34-19-38(42)41(20-40(34)49-26-32-18-31(21-43)22-44-23-32)50-27-33-9-6-10-36(29(33)2)37-11-7-12-39(30(37)3)48-16-8-15-47-13-4-5-14-47/h6-7,9-12,17-20,22-23,45H,4-5,8,13-16,24-27H2,1-3H3. The fourth-order valence-electron chi connectivity index (χ4n) is 6.40. The van der Waals surface area contributed by atoms with Crippen LogP contribution in [0.25, 0.3) is 11.1 Å². The molecule has 1 aliphatic heterocycles. The van der Waals surface area contributed by atoms with Gasteiger partial charge in [-0.05, 0) is 99.1 Å². The molecule has 1 saturated heterocycles. The predicted octanol–water partition coefficient (Wildman–Crippen LogP) is 8.50. The zero-order chi connectivity index (χ0) is 35.6. The van der Waals surface area contributed by atoms with E-state index in [2.05, 4.69) is 76.7 Å². The van der Waals surface area contributed by atoms with Crippen molar-refractivity contribution in [1.29, 1.82) is 5.26 Å². The number of nitrogens with one attached hydrogen (secondary N) is 1. The summed E-state index contributed by atoms with van der Waals surface area (Å²) in [6.07, 6.45) is 6.85. The predicted molar refractivity (Wildman–Crippen MR) is 198 cm³/mol. The third kappa shape index (κ3) is 9.47. The summed E-state index contributed by atoms with van der Waals surface area (Å²) < 4.78 is 24.1. The van der Waals surface area contributed by atoms with E-state index in [0.717, 1.165) is 69.1 Å². The van der Waals surface area contributed by atoms with Gasteiger partial charge in [0.05, 0.1) is 22.9 Å². The van der Waals surface area contributed by atoms with Crippen molar-refractivity contribution in [3.05, 3.63) is 123 Å². The molecule has 0 bridgehead atoms. The first-order chi connectivity index (χ1) is 24.9. The van der Waals surface area contributed by atoms with Crippen LogP contribution in [0.15, 0.2) is 77.6 Å². The number of rotatable bonds is 16. The first kappa shape index (κ1) is 35.9. The van der Waals surface area contributed by atoms with Crippen LogP contribution in [-0.4, -0.2) is 41.3 Å². The molecule has 0 spiro atoms. The van der Waals surface area contributed by atoms with Gasteiger partial charge in [-0.1, -0.05) is 47.1 Å². The van der Waals surface area contributed by atoms with Gasteiger partial charge in [0.25, 0.3) is 0 Å². The molecule has 264 valence electrons. The Labute approximate surface area is 305 Å². The second-order valence-corrected chi connectivity index (χ2v) is 13.4. The summed E-state index contributed by atoms with van der Waals surface area (Å²) in [7, 11) is 0. The van der Waals surface area contributed by atoms with Crippen molar-refractivity contribution >= 4 is 11.6 Å². The number of pyridine rings is 1. The molecule has 0 atom stereocenters. The van der Waals surface area contributed by atoms with Gasteiger partial charge >= 0.3 is 0 Å². The van der Waals surface area contributed by atoms with Gasteiger partial charge in [0.15, 0.2) is 0 Å². The van der Waals surface area contributed by atoms with E-state index in [0.29, 0.717) is 48.4 Å². The van der Waals surface area contributed by atoms with E-state index in [1.165, 1.54) is 32.1 Å². The normalized spacial score (nSPS) is 12.9. The topological polar surface area (TPSA) is 106 Å². The first-order valence-corrected chi connectivity index (χ1v) is 17.8. The largest absolute Gasteiger partial charge is 0.493 e. The molecule has 5 aromatic rings. The first-order valence-electron chi connectivity index (χ1n) is 17.5. The van der Waals surface area contributed by atoms with Crippen LogP contribution >= 0.6 is 11.6 Å². The molecule has 0 unspecified atom stereocenters. The minimum absolute atomic E-state index is 0.223. The number of nitrogens with zero attached hydrogens (tertiary/aromatic N) is 4.